The van der Waals surface area contributed by atoms with Crippen LogP contribution in [-0.4, -0.2) is 37.2 Å². The van der Waals surface area contributed by atoms with E-state index >= 15 is 0 Å². The molecule has 0 saturated carbocycles. The van der Waals surface area contributed by atoms with Gasteiger partial charge in [-0.2, -0.15) is 0 Å². The van der Waals surface area contributed by atoms with Crippen LogP contribution in [-0.2, 0) is 28.6 Å². The fourth-order valence-corrected chi connectivity index (χ4v) is 7.48. The number of ether oxygens (including phenoxy) is 3. The molecule has 0 aliphatic carbocycles. The summed E-state index contributed by atoms with van der Waals surface area (Å²) in [6.07, 6.45) is 45.1. The molecule has 0 aromatic rings. The van der Waals surface area contributed by atoms with Crippen molar-refractivity contribution in [2.75, 3.05) is 13.2 Å². The Bertz CT molecular complexity index is 843. The van der Waals surface area contributed by atoms with E-state index in [1.165, 1.54) is 173 Å². The van der Waals surface area contributed by atoms with Gasteiger partial charge in [-0.3, -0.25) is 14.4 Å². The molecule has 0 radical (unpaired) electrons. The van der Waals surface area contributed by atoms with Crippen molar-refractivity contribution in [1.29, 1.82) is 0 Å². The van der Waals surface area contributed by atoms with Crippen LogP contribution in [0.25, 0.3) is 0 Å². The maximum absolute atomic E-state index is 12.8. The summed E-state index contributed by atoms with van der Waals surface area (Å²) in [4.78, 5) is 37.8. The van der Waals surface area contributed by atoms with Crippen molar-refractivity contribution in [3.63, 3.8) is 0 Å². The second kappa shape index (κ2) is 44.5. The van der Waals surface area contributed by atoms with Crippen molar-refractivity contribution in [1.82, 2.24) is 0 Å². The highest BCUT2D eigenvalue weighted by molar-refractivity contribution is 5.71. The van der Waals surface area contributed by atoms with Crippen LogP contribution in [0.4, 0.5) is 0 Å². The van der Waals surface area contributed by atoms with E-state index < -0.39 is 6.10 Å². The standard InChI is InChI=1S/C50H96O6/c1-5-8-10-12-14-16-18-19-20-21-22-23-25-31-35-39-43-50(53)56-47(44-54-48(51)41-37-33-29-24-17-15-13-11-9-6-2)45-55-49(52)42-38-34-30-27-26-28-32-36-40-46(4)7-3/h46-47H,5-45H2,1-4H3/t46?,47-/m1/s1. The minimum absolute atomic E-state index is 0.0636. The van der Waals surface area contributed by atoms with Crippen LogP contribution in [0.15, 0.2) is 0 Å². The molecule has 0 spiro atoms. The Hall–Kier alpha value is -1.59. The van der Waals surface area contributed by atoms with Crippen molar-refractivity contribution in [3.8, 4) is 0 Å². The maximum atomic E-state index is 12.8. The van der Waals surface area contributed by atoms with Gasteiger partial charge in [-0.1, -0.05) is 240 Å². The molecule has 332 valence electrons. The summed E-state index contributed by atoms with van der Waals surface area (Å²) in [5.74, 6) is -0.00209. The first-order valence-electron chi connectivity index (χ1n) is 24.9. The quantitative estimate of drug-likeness (QED) is 0.0347. The summed E-state index contributed by atoms with van der Waals surface area (Å²) in [6, 6.07) is 0. The highest BCUT2D eigenvalue weighted by Gasteiger charge is 2.19. The highest BCUT2D eigenvalue weighted by atomic mass is 16.6. The van der Waals surface area contributed by atoms with E-state index in [-0.39, 0.29) is 31.1 Å². The smallest absolute Gasteiger partial charge is 0.306 e. The van der Waals surface area contributed by atoms with Gasteiger partial charge in [0.2, 0.25) is 0 Å². The number of rotatable bonds is 45. The molecule has 0 amide bonds. The average Bonchev–Trinajstić information content (AvgIpc) is 3.19. The van der Waals surface area contributed by atoms with Crippen molar-refractivity contribution < 1.29 is 28.6 Å². The summed E-state index contributed by atoms with van der Waals surface area (Å²) >= 11 is 0. The summed E-state index contributed by atoms with van der Waals surface area (Å²) < 4.78 is 16.8. The molecule has 0 aromatic heterocycles. The molecule has 6 heteroatoms. The van der Waals surface area contributed by atoms with Gasteiger partial charge in [0.15, 0.2) is 6.10 Å². The minimum atomic E-state index is -0.760. The van der Waals surface area contributed by atoms with Crippen LogP contribution < -0.4 is 0 Å². The Kier molecular flexibility index (Phi) is 43.2. The molecule has 0 fully saturated rings. The predicted octanol–water partition coefficient (Wildman–Crippen LogP) is 15.9. The normalized spacial score (nSPS) is 12.4. The van der Waals surface area contributed by atoms with Crippen LogP contribution in [0.5, 0.6) is 0 Å². The van der Waals surface area contributed by atoms with Gasteiger partial charge < -0.3 is 14.2 Å². The average molecular weight is 793 g/mol. The second-order valence-electron chi connectivity index (χ2n) is 17.3. The molecule has 0 aromatic carbocycles. The molecule has 0 aliphatic heterocycles. The van der Waals surface area contributed by atoms with Crippen molar-refractivity contribution in [2.24, 2.45) is 5.92 Å². The fourth-order valence-electron chi connectivity index (χ4n) is 7.48. The lowest BCUT2D eigenvalue weighted by molar-refractivity contribution is -0.167. The van der Waals surface area contributed by atoms with Crippen molar-refractivity contribution in [2.45, 2.75) is 284 Å². The summed E-state index contributed by atoms with van der Waals surface area (Å²) in [7, 11) is 0. The lowest BCUT2D eigenvalue weighted by Gasteiger charge is -2.18. The lowest BCUT2D eigenvalue weighted by Crippen LogP contribution is -2.30. The van der Waals surface area contributed by atoms with Gasteiger partial charge >= 0.3 is 17.9 Å². The van der Waals surface area contributed by atoms with Gasteiger partial charge in [-0.25, -0.2) is 0 Å². The lowest BCUT2D eigenvalue weighted by atomic mass is 9.99. The number of esters is 3. The third kappa shape index (κ3) is 42.0. The Morgan fingerprint density at radius 3 is 0.929 bits per heavy atom. The molecule has 2 atom stereocenters. The van der Waals surface area contributed by atoms with E-state index in [4.69, 9.17) is 14.2 Å². The summed E-state index contributed by atoms with van der Waals surface area (Å²) in [6.45, 7) is 9.01. The number of carbonyl (C=O) groups excluding carboxylic acids is 3. The zero-order valence-corrected chi connectivity index (χ0v) is 38.1. The molecule has 0 heterocycles. The molecule has 6 nitrogen and oxygen atoms in total. The first-order valence-corrected chi connectivity index (χ1v) is 24.9. The van der Waals surface area contributed by atoms with E-state index in [2.05, 4.69) is 27.7 Å². The zero-order valence-electron chi connectivity index (χ0n) is 38.1. The molecular weight excluding hydrogens is 697 g/mol. The van der Waals surface area contributed by atoms with Crippen LogP contribution in [0.2, 0.25) is 0 Å². The van der Waals surface area contributed by atoms with Crippen molar-refractivity contribution in [3.05, 3.63) is 0 Å². The van der Waals surface area contributed by atoms with Gasteiger partial charge in [-0.05, 0) is 25.2 Å². The van der Waals surface area contributed by atoms with Crippen molar-refractivity contribution >= 4 is 17.9 Å². The van der Waals surface area contributed by atoms with E-state index in [0.29, 0.717) is 19.3 Å². The van der Waals surface area contributed by atoms with Crippen LogP contribution in [0.3, 0.4) is 0 Å². The molecule has 0 rings (SSSR count). The third-order valence-electron chi connectivity index (χ3n) is 11.7. The predicted molar refractivity (Wildman–Crippen MR) is 238 cm³/mol. The van der Waals surface area contributed by atoms with Crippen LogP contribution in [0, 0.1) is 5.92 Å². The third-order valence-corrected chi connectivity index (χ3v) is 11.7. The number of hydrogen-bond donors (Lipinski definition) is 0. The number of carbonyl (C=O) groups is 3. The largest absolute Gasteiger partial charge is 0.462 e. The Morgan fingerprint density at radius 1 is 0.357 bits per heavy atom. The van der Waals surface area contributed by atoms with E-state index in [0.717, 1.165) is 63.7 Å². The minimum Gasteiger partial charge on any atom is -0.462 e. The molecule has 0 bridgehead atoms. The van der Waals surface area contributed by atoms with Gasteiger partial charge in [0.1, 0.15) is 13.2 Å². The second-order valence-corrected chi connectivity index (χ2v) is 17.3. The van der Waals surface area contributed by atoms with E-state index in [1.807, 2.05) is 0 Å². The Morgan fingerprint density at radius 2 is 0.625 bits per heavy atom. The maximum Gasteiger partial charge on any atom is 0.306 e. The number of hydrogen-bond acceptors (Lipinski definition) is 6. The number of unbranched alkanes of at least 4 members (excludes halogenated alkanes) is 31. The first-order chi connectivity index (χ1) is 27.4. The molecule has 1 unspecified atom stereocenters. The Balaban J connectivity index is 4.30. The summed E-state index contributed by atoms with van der Waals surface area (Å²) in [5.41, 5.74) is 0. The monoisotopic (exact) mass is 793 g/mol. The topological polar surface area (TPSA) is 78.9 Å². The highest BCUT2D eigenvalue weighted by Crippen LogP contribution is 2.17. The first kappa shape index (κ1) is 54.4. The van der Waals surface area contributed by atoms with Gasteiger partial charge in [0, 0.05) is 19.3 Å². The SMILES string of the molecule is CCCCCCCCCCCCCCCCCCC(=O)O[C@H](COC(=O)CCCCCCCCCCCC)COC(=O)CCCCCCCCCCC(C)CC. The Labute approximate surface area is 348 Å². The van der Waals surface area contributed by atoms with Crippen LogP contribution in [0.1, 0.15) is 278 Å². The fraction of sp³-hybridized carbons (Fsp3) is 0.940. The van der Waals surface area contributed by atoms with Gasteiger partial charge in [-0.15, -0.1) is 0 Å². The molecule has 0 N–H and O–H groups in total. The van der Waals surface area contributed by atoms with E-state index in [1.54, 1.807) is 0 Å². The van der Waals surface area contributed by atoms with Gasteiger partial charge in [0.05, 0.1) is 0 Å². The van der Waals surface area contributed by atoms with Crippen LogP contribution >= 0.6 is 0 Å². The molecule has 56 heavy (non-hydrogen) atoms. The zero-order chi connectivity index (χ0) is 41.0. The summed E-state index contributed by atoms with van der Waals surface area (Å²) in [5, 5.41) is 0. The van der Waals surface area contributed by atoms with E-state index in [9.17, 15) is 14.4 Å². The molecule has 0 saturated heterocycles. The van der Waals surface area contributed by atoms with Gasteiger partial charge in [0.25, 0.3) is 0 Å². The molecule has 0 aliphatic rings. The molecular formula is C50H96O6.